The van der Waals surface area contributed by atoms with E-state index in [1.165, 1.54) is 0 Å². The Morgan fingerprint density at radius 2 is 2.17 bits per heavy atom. The standard InChI is InChI=1S/C17H23N5O/c1-12(2)22-11-15(7-19-22)17-9-18-8-16(20-17)6-14-4-5-21(10-14)13(3)23/h7-9,11-12,14H,4-6,10H2,1-3H3/t14-/m1/s1. The van der Waals surface area contributed by atoms with E-state index in [0.29, 0.717) is 12.0 Å². The monoisotopic (exact) mass is 313 g/mol. The summed E-state index contributed by atoms with van der Waals surface area (Å²) in [5.41, 5.74) is 2.83. The number of carbonyl (C=O) groups is 1. The molecule has 3 heterocycles. The van der Waals surface area contributed by atoms with Crippen LogP contribution < -0.4 is 0 Å². The van der Waals surface area contributed by atoms with Crippen molar-refractivity contribution in [3.63, 3.8) is 0 Å². The number of hydrogen-bond donors (Lipinski definition) is 0. The first-order chi connectivity index (χ1) is 11.0. The highest BCUT2D eigenvalue weighted by Crippen LogP contribution is 2.22. The summed E-state index contributed by atoms with van der Waals surface area (Å²) in [5.74, 6) is 0.635. The van der Waals surface area contributed by atoms with Crippen LogP contribution in [0.15, 0.2) is 24.8 Å². The van der Waals surface area contributed by atoms with Gasteiger partial charge in [-0.1, -0.05) is 0 Å². The molecule has 0 N–H and O–H groups in total. The van der Waals surface area contributed by atoms with E-state index in [4.69, 9.17) is 4.98 Å². The highest BCUT2D eigenvalue weighted by molar-refractivity contribution is 5.73. The summed E-state index contributed by atoms with van der Waals surface area (Å²) in [4.78, 5) is 22.4. The predicted molar refractivity (Wildman–Crippen MR) is 87.7 cm³/mol. The summed E-state index contributed by atoms with van der Waals surface area (Å²) in [6.07, 6.45) is 9.35. The topological polar surface area (TPSA) is 63.9 Å². The molecular formula is C17H23N5O. The predicted octanol–water partition coefficient (Wildman–Crippen LogP) is 2.33. The number of amides is 1. The molecule has 23 heavy (non-hydrogen) atoms. The summed E-state index contributed by atoms with van der Waals surface area (Å²) < 4.78 is 1.92. The second-order valence-corrected chi connectivity index (χ2v) is 6.52. The lowest BCUT2D eigenvalue weighted by Crippen LogP contribution is -2.26. The largest absolute Gasteiger partial charge is 0.343 e. The van der Waals surface area contributed by atoms with Gasteiger partial charge in [0.1, 0.15) is 0 Å². The van der Waals surface area contributed by atoms with Crippen LogP contribution >= 0.6 is 0 Å². The van der Waals surface area contributed by atoms with Gasteiger partial charge in [-0.2, -0.15) is 5.10 Å². The summed E-state index contributed by atoms with van der Waals surface area (Å²) in [6.45, 7) is 7.51. The first-order valence-corrected chi connectivity index (χ1v) is 8.14. The quantitative estimate of drug-likeness (QED) is 0.869. The Kier molecular flexibility index (Phi) is 4.41. The molecule has 0 aliphatic carbocycles. The highest BCUT2D eigenvalue weighted by atomic mass is 16.2. The third kappa shape index (κ3) is 3.57. The average molecular weight is 313 g/mol. The molecule has 1 fully saturated rings. The lowest BCUT2D eigenvalue weighted by molar-refractivity contribution is -0.127. The van der Waals surface area contributed by atoms with Crippen molar-refractivity contribution in [3.8, 4) is 11.3 Å². The minimum Gasteiger partial charge on any atom is -0.343 e. The van der Waals surface area contributed by atoms with Crippen LogP contribution in [-0.4, -0.2) is 43.6 Å². The smallest absolute Gasteiger partial charge is 0.219 e. The van der Waals surface area contributed by atoms with E-state index in [-0.39, 0.29) is 5.91 Å². The molecule has 122 valence electrons. The van der Waals surface area contributed by atoms with Gasteiger partial charge in [-0.25, -0.2) is 4.98 Å². The van der Waals surface area contributed by atoms with Crippen molar-refractivity contribution in [1.29, 1.82) is 0 Å². The molecule has 6 nitrogen and oxygen atoms in total. The van der Waals surface area contributed by atoms with E-state index < -0.39 is 0 Å². The molecule has 3 rings (SSSR count). The molecule has 0 saturated carbocycles. The molecule has 0 aromatic carbocycles. The molecule has 1 amide bonds. The minimum atomic E-state index is 0.161. The van der Waals surface area contributed by atoms with Crippen molar-refractivity contribution in [1.82, 2.24) is 24.6 Å². The van der Waals surface area contributed by atoms with Gasteiger partial charge in [0.2, 0.25) is 5.91 Å². The van der Waals surface area contributed by atoms with E-state index >= 15 is 0 Å². The van der Waals surface area contributed by atoms with Crippen LogP contribution in [0.5, 0.6) is 0 Å². The zero-order valence-electron chi connectivity index (χ0n) is 13.9. The van der Waals surface area contributed by atoms with E-state index in [1.54, 1.807) is 13.1 Å². The third-order valence-electron chi connectivity index (χ3n) is 4.34. The van der Waals surface area contributed by atoms with Crippen LogP contribution in [-0.2, 0) is 11.2 Å². The average Bonchev–Trinajstić information content (AvgIpc) is 3.16. The molecule has 0 unspecified atom stereocenters. The van der Waals surface area contributed by atoms with Gasteiger partial charge in [-0.05, 0) is 32.6 Å². The maximum Gasteiger partial charge on any atom is 0.219 e. The number of rotatable bonds is 4. The van der Waals surface area contributed by atoms with Crippen molar-refractivity contribution in [2.24, 2.45) is 5.92 Å². The fraction of sp³-hybridized carbons (Fsp3) is 0.529. The van der Waals surface area contributed by atoms with Crippen LogP contribution in [0.2, 0.25) is 0 Å². The number of carbonyl (C=O) groups excluding carboxylic acids is 1. The number of likely N-dealkylation sites (tertiary alicyclic amines) is 1. The van der Waals surface area contributed by atoms with Gasteiger partial charge >= 0.3 is 0 Å². The summed E-state index contributed by atoms with van der Waals surface area (Å²) in [7, 11) is 0. The minimum absolute atomic E-state index is 0.161. The normalized spacial score (nSPS) is 17.9. The van der Waals surface area contributed by atoms with Crippen molar-refractivity contribution in [3.05, 3.63) is 30.5 Å². The van der Waals surface area contributed by atoms with Crippen molar-refractivity contribution in [2.75, 3.05) is 13.1 Å². The Labute approximate surface area is 136 Å². The van der Waals surface area contributed by atoms with Gasteiger partial charge in [0, 0.05) is 44.0 Å². The molecule has 2 aromatic rings. The van der Waals surface area contributed by atoms with Gasteiger partial charge < -0.3 is 4.90 Å². The molecule has 0 bridgehead atoms. The Morgan fingerprint density at radius 1 is 1.35 bits per heavy atom. The Hall–Kier alpha value is -2.24. The molecule has 1 atom stereocenters. The summed E-state index contributed by atoms with van der Waals surface area (Å²) in [5, 5.41) is 4.36. The molecule has 6 heteroatoms. The van der Waals surface area contributed by atoms with Crippen LogP contribution in [0, 0.1) is 5.92 Å². The van der Waals surface area contributed by atoms with E-state index in [2.05, 4.69) is 23.9 Å². The molecule has 1 saturated heterocycles. The van der Waals surface area contributed by atoms with Crippen molar-refractivity contribution >= 4 is 5.91 Å². The Bertz CT molecular complexity index is 694. The van der Waals surface area contributed by atoms with Crippen molar-refractivity contribution in [2.45, 2.75) is 39.7 Å². The third-order valence-corrected chi connectivity index (χ3v) is 4.34. The van der Waals surface area contributed by atoms with Gasteiger partial charge in [-0.15, -0.1) is 0 Å². The first kappa shape index (κ1) is 15.6. The number of nitrogens with zero attached hydrogens (tertiary/aromatic N) is 5. The van der Waals surface area contributed by atoms with Crippen molar-refractivity contribution < 1.29 is 4.79 Å². The molecular weight excluding hydrogens is 290 g/mol. The first-order valence-electron chi connectivity index (χ1n) is 8.14. The maximum absolute atomic E-state index is 11.4. The SMILES string of the molecule is CC(=O)N1CC[C@H](Cc2cncc(-c3cnn(C(C)C)c3)n2)C1. The van der Waals surface area contributed by atoms with Crippen LogP contribution in [0.4, 0.5) is 0 Å². The lowest BCUT2D eigenvalue weighted by atomic mass is 10.0. The zero-order chi connectivity index (χ0) is 16.4. The number of aromatic nitrogens is 4. The van der Waals surface area contributed by atoms with E-state index in [9.17, 15) is 4.79 Å². The molecule has 0 radical (unpaired) electrons. The summed E-state index contributed by atoms with van der Waals surface area (Å²) in [6, 6.07) is 0.330. The molecule has 2 aromatic heterocycles. The van der Waals surface area contributed by atoms with Crippen LogP contribution in [0.3, 0.4) is 0 Å². The fourth-order valence-corrected chi connectivity index (χ4v) is 2.98. The van der Waals surface area contributed by atoms with Gasteiger partial charge in [0.25, 0.3) is 0 Å². The molecule has 1 aliphatic heterocycles. The Balaban J connectivity index is 1.71. The number of hydrogen-bond acceptors (Lipinski definition) is 4. The zero-order valence-corrected chi connectivity index (χ0v) is 13.9. The molecule has 0 spiro atoms. The van der Waals surface area contributed by atoms with Gasteiger partial charge in [0.05, 0.1) is 23.8 Å². The van der Waals surface area contributed by atoms with E-state index in [0.717, 1.165) is 42.9 Å². The second-order valence-electron chi connectivity index (χ2n) is 6.52. The molecule has 1 aliphatic rings. The fourth-order valence-electron chi connectivity index (χ4n) is 2.98. The summed E-state index contributed by atoms with van der Waals surface area (Å²) >= 11 is 0. The van der Waals surface area contributed by atoms with E-state index in [1.807, 2.05) is 28.2 Å². The van der Waals surface area contributed by atoms with Crippen LogP contribution in [0.25, 0.3) is 11.3 Å². The highest BCUT2D eigenvalue weighted by Gasteiger charge is 2.24. The van der Waals surface area contributed by atoms with Gasteiger partial charge in [0.15, 0.2) is 0 Å². The lowest BCUT2D eigenvalue weighted by Gasteiger charge is -2.13. The Morgan fingerprint density at radius 3 is 2.83 bits per heavy atom. The van der Waals surface area contributed by atoms with Crippen LogP contribution in [0.1, 0.15) is 38.9 Å². The van der Waals surface area contributed by atoms with Gasteiger partial charge in [-0.3, -0.25) is 14.5 Å². The second kappa shape index (κ2) is 6.48. The maximum atomic E-state index is 11.4.